The summed E-state index contributed by atoms with van der Waals surface area (Å²) < 4.78 is 26.5. The molecule has 0 radical (unpaired) electrons. The number of halogens is 3. The van der Waals surface area contributed by atoms with Gasteiger partial charge in [-0.25, -0.2) is 4.68 Å². The summed E-state index contributed by atoms with van der Waals surface area (Å²) >= 11 is 7.72. The number of anilines is 1. The Morgan fingerprint density at radius 2 is 2.17 bits per heavy atom. The second-order valence-corrected chi connectivity index (χ2v) is 7.13. The standard InChI is InChI=1S/C16H16ClF2N3OS/c1-9-12(10(2)22(20-9)16(18)19)8-15(23)21-5-6-24-14-4-3-11(17)7-13(14)21/h3-4,7,16H,5-6,8H2,1-2H3. The highest BCUT2D eigenvalue weighted by atomic mass is 35.5. The molecule has 8 heteroatoms. The Morgan fingerprint density at radius 1 is 1.42 bits per heavy atom. The van der Waals surface area contributed by atoms with Crippen LogP contribution >= 0.6 is 23.4 Å². The van der Waals surface area contributed by atoms with E-state index in [1.54, 1.807) is 42.6 Å². The average Bonchev–Trinajstić information content (AvgIpc) is 2.82. The van der Waals surface area contributed by atoms with Crippen molar-refractivity contribution in [2.45, 2.75) is 31.7 Å². The van der Waals surface area contributed by atoms with Crippen molar-refractivity contribution >= 4 is 35.0 Å². The number of hydrogen-bond acceptors (Lipinski definition) is 3. The normalized spacial score (nSPS) is 14.2. The molecular weight excluding hydrogens is 356 g/mol. The first-order valence-corrected chi connectivity index (χ1v) is 8.80. The number of rotatable bonds is 3. The zero-order valence-corrected chi connectivity index (χ0v) is 14.8. The van der Waals surface area contributed by atoms with Gasteiger partial charge in [-0.05, 0) is 32.0 Å². The molecule has 0 unspecified atom stereocenters. The van der Waals surface area contributed by atoms with Crippen LogP contribution in [0, 0.1) is 13.8 Å². The van der Waals surface area contributed by atoms with Crippen LogP contribution in [0.15, 0.2) is 23.1 Å². The van der Waals surface area contributed by atoms with E-state index in [-0.39, 0.29) is 12.3 Å². The van der Waals surface area contributed by atoms with Gasteiger partial charge in [0.25, 0.3) is 0 Å². The average molecular weight is 372 g/mol. The molecule has 0 bridgehead atoms. The molecule has 0 fully saturated rings. The SMILES string of the molecule is Cc1nn(C(F)F)c(C)c1CC(=O)N1CCSc2ccc(Cl)cc21. The van der Waals surface area contributed by atoms with Gasteiger partial charge in [0.1, 0.15) is 0 Å². The van der Waals surface area contributed by atoms with Crippen LogP contribution in [-0.2, 0) is 11.2 Å². The summed E-state index contributed by atoms with van der Waals surface area (Å²) in [6.45, 7) is 1.06. The number of benzene rings is 1. The van der Waals surface area contributed by atoms with E-state index < -0.39 is 6.55 Å². The summed E-state index contributed by atoms with van der Waals surface area (Å²) in [7, 11) is 0. The maximum atomic E-state index is 12.9. The molecule has 0 N–H and O–H groups in total. The lowest BCUT2D eigenvalue weighted by Crippen LogP contribution is -2.36. The molecule has 0 atom stereocenters. The Labute approximate surface area is 147 Å². The van der Waals surface area contributed by atoms with Crippen LogP contribution in [-0.4, -0.2) is 28.0 Å². The van der Waals surface area contributed by atoms with Gasteiger partial charge in [0, 0.05) is 33.5 Å². The van der Waals surface area contributed by atoms with Gasteiger partial charge in [-0.1, -0.05) is 11.6 Å². The molecule has 1 amide bonds. The number of hydrogen-bond donors (Lipinski definition) is 0. The molecule has 0 aliphatic carbocycles. The summed E-state index contributed by atoms with van der Waals surface area (Å²) in [5.41, 5.74) is 2.12. The molecule has 1 aromatic carbocycles. The molecule has 2 heterocycles. The lowest BCUT2D eigenvalue weighted by molar-refractivity contribution is -0.118. The van der Waals surface area contributed by atoms with Gasteiger partial charge in [0.15, 0.2) is 0 Å². The minimum atomic E-state index is -2.71. The van der Waals surface area contributed by atoms with Crippen LogP contribution in [0.5, 0.6) is 0 Å². The van der Waals surface area contributed by atoms with Gasteiger partial charge in [0.2, 0.25) is 5.91 Å². The molecule has 24 heavy (non-hydrogen) atoms. The van der Waals surface area contributed by atoms with Crippen LogP contribution in [0.3, 0.4) is 0 Å². The second-order valence-electron chi connectivity index (χ2n) is 5.55. The van der Waals surface area contributed by atoms with E-state index in [4.69, 9.17) is 11.6 Å². The number of thioether (sulfide) groups is 1. The summed E-state index contributed by atoms with van der Waals surface area (Å²) in [5.74, 6) is 0.646. The van der Waals surface area contributed by atoms with Crippen molar-refractivity contribution in [1.82, 2.24) is 9.78 Å². The number of nitrogens with zero attached hydrogens (tertiary/aromatic N) is 3. The highest BCUT2D eigenvalue weighted by molar-refractivity contribution is 7.99. The van der Waals surface area contributed by atoms with E-state index >= 15 is 0 Å². The maximum Gasteiger partial charge on any atom is 0.333 e. The zero-order valence-electron chi connectivity index (χ0n) is 13.2. The first-order chi connectivity index (χ1) is 11.4. The number of carbonyl (C=O) groups excluding carboxylic acids is 1. The molecule has 128 valence electrons. The fraction of sp³-hybridized carbons (Fsp3) is 0.375. The third-order valence-electron chi connectivity index (χ3n) is 4.07. The molecule has 3 rings (SSSR count). The minimum Gasteiger partial charge on any atom is -0.310 e. The third-order valence-corrected chi connectivity index (χ3v) is 5.35. The molecule has 0 saturated carbocycles. The number of carbonyl (C=O) groups is 1. The van der Waals surface area contributed by atoms with Crippen molar-refractivity contribution in [3.05, 3.63) is 40.2 Å². The quantitative estimate of drug-likeness (QED) is 0.810. The molecule has 0 saturated heterocycles. The van der Waals surface area contributed by atoms with E-state index in [1.807, 2.05) is 6.07 Å². The number of aromatic nitrogens is 2. The van der Waals surface area contributed by atoms with E-state index in [2.05, 4.69) is 5.10 Å². The minimum absolute atomic E-state index is 0.0427. The lowest BCUT2D eigenvalue weighted by atomic mass is 10.1. The molecule has 1 aliphatic rings. The van der Waals surface area contributed by atoms with Crippen LogP contribution in [0.25, 0.3) is 0 Å². The van der Waals surface area contributed by atoms with Crippen molar-refractivity contribution in [3.8, 4) is 0 Å². The Bertz CT molecular complexity index is 794. The summed E-state index contributed by atoms with van der Waals surface area (Å²) in [5, 5.41) is 4.40. The lowest BCUT2D eigenvalue weighted by Gasteiger charge is -2.29. The number of fused-ring (bicyclic) bond motifs is 1. The van der Waals surface area contributed by atoms with E-state index in [1.165, 1.54) is 0 Å². The van der Waals surface area contributed by atoms with Gasteiger partial charge in [-0.2, -0.15) is 13.9 Å². The highest BCUT2D eigenvalue weighted by Crippen LogP contribution is 2.37. The molecule has 0 spiro atoms. The smallest absolute Gasteiger partial charge is 0.310 e. The first-order valence-electron chi connectivity index (χ1n) is 7.44. The number of aryl methyl sites for hydroxylation is 1. The Hall–Kier alpha value is -1.60. The summed E-state index contributed by atoms with van der Waals surface area (Å²) in [4.78, 5) is 15.4. The maximum absolute atomic E-state index is 12.9. The van der Waals surface area contributed by atoms with Crippen molar-refractivity contribution in [3.63, 3.8) is 0 Å². The van der Waals surface area contributed by atoms with E-state index in [0.717, 1.165) is 16.3 Å². The predicted molar refractivity (Wildman–Crippen MR) is 91.2 cm³/mol. The van der Waals surface area contributed by atoms with Crippen molar-refractivity contribution in [2.24, 2.45) is 0 Å². The monoisotopic (exact) mass is 371 g/mol. The molecule has 1 aliphatic heterocycles. The van der Waals surface area contributed by atoms with Gasteiger partial charge in [-0.3, -0.25) is 4.79 Å². The van der Waals surface area contributed by atoms with E-state index in [0.29, 0.717) is 33.2 Å². The highest BCUT2D eigenvalue weighted by Gasteiger charge is 2.26. The van der Waals surface area contributed by atoms with Gasteiger partial charge < -0.3 is 4.90 Å². The van der Waals surface area contributed by atoms with E-state index in [9.17, 15) is 13.6 Å². The van der Waals surface area contributed by atoms with Crippen LogP contribution < -0.4 is 4.90 Å². The van der Waals surface area contributed by atoms with Crippen molar-refractivity contribution in [1.29, 1.82) is 0 Å². The zero-order chi connectivity index (χ0) is 17.4. The number of alkyl halides is 2. The molecule has 2 aromatic rings. The third kappa shape index (κ3) is 3.15. The van der Waals surface area contributed by atoms with Crippen LogP contribution in [0.1, 0.15) is 23.5 Å². The Morgan fingerprint density at radius 3 is 2.83 bits per heavy atom. The summed E-state index contributed by atoms with van der Waals surface area (Å²) in [6.07, 6.45) is 0.0427. The Balaban J connectivity index is 1.89. The topological polar surface area (TPSA) is 38.1 Å². The van der Waals surface area contributed by atoms with Gasteiger partial charge in [-0.15, -0.1) is 11.8 Å². The van der Waals surface area contributed by atoms with Crippen molar-refractivity contribution < 1.29 is 13.6 Å². The van der Waals surface area contributed by atoms with Gasteiger partial charge in [0.05, 0.1) is 17.8 Å². The number of amides is 1. The second kappa shape index (κ2) is 6.72. The fourth-order valence-corrected chi connectivity index (χ4v) is 3.98. The predicted octanol–water partition coefficient (Wildman–Crippen LogP) is 4.23. The Kier molecular flexibility index (Phi) is 4.83. The van der Waals surface area contributed by atoms with Crippen LogP contribution in [0.2, 0.25) is 5.02 Å². The first kappa shape index (κ1) is 17.2. The van der Waals surface area contributed by atoms with Crippen molar-refractivity contribution in [2.75, 3.05) is 17.2 Å². The van der Waals surface area contributed by atoms with Crippen LogP contribution in [0.4, 0.5) is 14.5 Å². The largest absolute Gasteiger partial charge is 0.333 e. The summed E-state index contributed by atoms with van der Waals surface area (Å²) in [6, 6.07) is 5.46. The van der Waals surface area contributed by atoms with Gasteiger partial charge >= 0.3 is 6.55 Å². The molecular formula is C16H16ClF2N3OS. The molecule has 4 nitrogen and oxygen atoms in total. The molecule has 1 aromatic heterocycles. The fourth-order valence-electron chi connectivity index (χ4n) is 2.84.